The molecule has 0 bridgehead atoms. The van der Waals surface area contributed by atoms with Crippen molar-refractivity contribution in [3.8, 4) is 0 Å². The number of amides is 1. The number of nitrogens with zero attached hydrogens (tertiary/aromatic N) is 1. The van der Waals surface area contributed by atoms with Crippen LogP contribution in [0.15, 0.2) is 24.3 Å². The molecule has 1 aliphatic carbocycles. The lowest BCUT2D eigenvalue weighted by Crippen LogP contribution is -2.50. The number of likely N-dealkylation sites (tertiary alicyclic amines) is 1. The maximum Gasteiger partial charge on any atom is 0.225 e. The summed E-state index contributed by atoms with van der Waals surface area (Å²) >= 11 is 0. The van der Waals surface area contributed by atoms with Gasteiger partial charge >= 0.3 is 0 Å². The molecule has 2 atom stereocenters. The third kappa shape index (κ3) is 3.70. The Labute approximate surface area is 134 Å². The molecule has 2 aliphatic rings. The Morgan fingerprint density at radius 2 is 1.86 bits per heavy atom. The summed E-state index contributed by atoms with van der Waals surface area (Å²) < 4.78 is 0. The number of rotatable bonds is 5. The summed E-state index contributed by atoms with van der Waals surface area (Å²) in [4.78, 5) is 14.3. The van der Waals surface area contributed by atoms with E-state index in [0.717, 1.165) is 45.3 Å². The van der Waals surface area contributed by atoms with E-state index in [1.807, 2.05) is 0 Å². The summed E-state index contributed by atoms with van der Waals surface area (Å²) in [7, 11) is 0. The molecule has 1 aliphatic heterocycles. The SMILES string of the molecule is CCc1ccc(CN[C@@H]2CCN(C(=O)C3CC3)C[C@H]2C)cc1. The monoisotopic (exact) mass is 300 g/mol. The second kappa shape index (κ2) is 6.82. The van der Waals surface area contributed by atoms with Crippen molar-refractivity contribution in [2.75, 3.05) is 13.1 Å². The van der Waals surface area contributed by atoms with Crippen molar-refractivity contribution < 1.29 is 4.79 Å². The van der Waals surface area contributed by atoms with Crippen LogP contribution < -0.4 is 5.32 Å². The molecule has 1 saturated carbocycles. The van der Waals surface area contributed by atoms with Gasteiger partial charge in [-0.05, 0) is 42.7 Å². The zero-order valence-corrected chi connectivity index (χ0v) is 13.8. The average molecular weight is 300 g/mol. The molecule has 3 heteroatoms. The van der Waals surface area contributed by atoms with Gasteiger partial charge in [-0.15, -0.1) is 0 Å². The second-order valence-electron chi connectivity index (χ2n) is 6.98. The number of carbonyl (C=O) groups is 1. The van der Waals surface area contributed by atoms with Gasteiger partial charge in [-0.3, -0.25) is 4.79 Å². The molecule has 3 rings (SSSR count). The van der Waals surface area contributed by atoms with Crippen molar-refractivity contribution in [2.24, 2.45) is 11.8 Å². The van der Waals surface area contributed by atoms with Gasteiger partial charge < -0.3 is 10.2 Å². The van der Waals surface area contributed by atoms with Crippen molar-refractivity contribution in [3.63, 3.8) is 0 Å². The molecule has 22 heavy (non-hydrogen) atoms. The first-order valence-electron chi connectivity index (χ1n) is 8.77. The van der Waals surface area contributed by atoms with E-state index in [9.17, 15) is 4.79 Å². The van der Waals surface area contributed by atoms with Gasteiger partial charge in [-0.1, -0.05) is 38.1 Å². The number of hydrogen-bond donors (Lipinski definition) is 1. The van der Waals surface area contributed by atoms with Crippen molar-refractivity contribution in [1.29, 1.82) is 0 Å². The Kier molecular flexibility index (Phi) is 4.82. The van der Waals surface area contributed by atoms with E-state index >= 15 is 0 Å². The lowest BCUT2D eigenvalue weighted by Gasteiger charge is -2.37. The zero-order valence-electron chi connectivity index (χ0n) is 13.8. The number of piperidine rings is 1. The third-order valence-corrected chi connectivity index (χ3v) is 5.14. The Hall–Kier alpha value is -1.35. The van der Waals surface area contributed by atoms with E-state index in [0.29, 0.717) is 23.8 Å². The van der Waals surface area contributed by atoms with Crippen molar-refractivity contribution in [3.05, 3.63) is 35.4 Å². The fourth-order valence-electron chi connectivity index (χ4n) is 3.38. The second-order valence-corrected chi connectivity index (χ2v) is 6.98. The molecular weight excluding hydrogens is 272 g/mol. The van der Waals surface area contributed by atoms with E-state index in [4.69, 9.17) is 0 Å². The van der Waals surface area contributed by atoms with E-state index in [1.165, 1.54) is 11.1 Å². The van der Waals surface area contributed by atoms with Crippen LogP contribution in [0.5, 0.6) is 0 Å². The number of carbonyl (C=O) groups excluding carboxylic acids is 1. The summed E-state index contributed by atoms with van der Waals surface area (Å²) in [6, 6.07) is 9.41. The van der Waals surface area contributed by atoms with Gasteiger partial charge in [-0.25, -0.2) is 0 Å². The van der Waals surface area contributed by atoms with Crippen LogP contribution in [0.3, 0.4) is 0 Å². The quantitative estimate of drug-likeness (QED) is 0.906. The van der Waals surface area contributed by atoms with Crippen LogP contribution in [-0.4, -0.2) is 29.9 Å². The Balaban J connectivity index is 1.47. The molecule has 1 aromatic rings. The van der Waals surface area contributed by atoms with Gasteiger partial charge in [0, 0.05) is 31.6 Å². The molecule has 1 N–H and O–H groups in total. The van der Waals surface area contributed by atoms with Crippen molar-refractivity contribution >= 4 is 5.91 Å². The zero-order chi connectivity index (χ0) is 15.5. The lowest BCUT2D eigenvalue weighted by molar-refractivity contribution is -0.134. The highest BCUT2D eigenvalue weighted by molar-refractivity contribution is 5.81. The lowest BCUT2D eigenvalue weighted by atomic mass is 9.93. The molecule has 0 unspecified atom stereocenters. The number of hydrogen-bond acceptors (Lipinski definition) is 2. The van der Waals surface area contributed by atoms with Gasteiger partial charge in [0.25, 0.3) is 0 Å². The largest absolute Gasteiger partial charge is 0.342 e. The summed E-state index contributed by atoms with van der Waals surface area (Å²) in [5.41, 5.74) is 2.74. The maximum atomic E-state index is 12.2. The minimum absolute atomic E-state index is 0.355. The first-order valence-corrected chi connectivity index (χ1v) is 8.77. The van der Waals surface area contributed by atoms with Crippen LogP contribution in [0.1, 0.15) is 44.2 Å². The van der Waals surface area contributed by atoms with Crippen molar-refractivity contribution in [1.82, 2.24) is 10.2 Å². The van der Waals surface area contributed by atoms with Crippen molar-refractivity contribution in [2.45, 2.75) is 52.1 Å². The highest BCUT2D eigenvalue weighted by Gasteiger charge is 2.36. The normalized spacial score (nSPS) is 25.3. The maximum absolute atomic E-state index is 12.2. The van der Waals surface area contributed by atoms with Crippen LogP contribution in [0.25, 0.3) is 0 Å². The molecule has 0 aromatic heterocycles. The van der Waals surface area contributed by atoms with Gasteiger partial charge in [0.15, 0.2) is 0 Å². The minimum atomic E-state index is 0.355. The molecule has 1 saturated heterocycles. The fourth-order valence-corrected chi connectivity index (χ4v) is 3.38. The van der Waals surface area contributed by atoms with E-state index in [1.54, 1.807) is 0 Å². The molecule has 0 radical (unpaired) electrons. The van der Waals surface area contributed by atoms with E-state index in [-0.39, 0.29) is 0 Å². The predicted octanol–water partition coefficient (Wildman–Crippen LogP) is 2.99. The predicted molar refractivity (Wildman–Crippen MR) is 89.5 cm³/mol. The fraction of sp³-hybridized carbons (Fsp3) is 0.632. The standard InChI is InChI=1S/C19H28N2O/c1-3-15-4-6-16(7-5-15)12-20-18-10-11-21(13-14(18)2)19(22)17-8-9-17/h4-7,14,17-18,20H,3,8-13H2,1-2H3/t14-,18-/m1/s1. The molecule has 3 nitrogen and oxygen atoms in total. The van der Waals surface area contributed by atoms with E-state index < -0.39 is 0 Å². The minimum Gasteiger partial charge on any atom is -0.342 e. The van der Waals surface area contributed by atoms with E-state index in [2.05, 4.69) is 48.3 Å². The third-order valence-electron chi connectivity index (χ3n) is 5.14. The number of benzene rings is 1. The molecule has 1 heterocycles. The number of aryl methyl sites for hydroxylation is 1. The van der Waals surface area contributed by atoms with Gasteiger partial charge in [0.05, 0.1) is 0 Å². The van der Waals surface area contributed by atoms with Crippen LogP contribution in [0.2, 0.25) is 0 Å². The Morgan fingerprint density at radius 1 is 1.18 bits per heavy atom. The van der Waals surface area contributed by atoms with Gasteiger partial charge in [0.1, 0.15) is 0 Å². The van der Waals surface area contributed by atoms with Crippen LogP contribution in [0, 0.1) is 11.8 Å². The average Bonchev–Trinajstić information content (AvgIpc) is 3.38. The molecule has 120 valence electrons. The smallest absolute Gasteiger partial charge is 0.225 e. The number of nitrogens with one attached hydrogen (secondary N) is 1. The highest BCUT2D eigenvalue weighted by Crippen LogP contribution is 2.32. The summed E-state index contributed by atoms with van der Waals surface area (Å²) in [5, 5.41) is 3.69. The van der Waals surface area contributed by atoms with Gasteiger partial charge in [-0.2, -0.15) is 0 Å². The molecule has 1 amide bonds. The Morgan fingerprint density at radius 3 is 2.45 bits per heavy atom. The van der Waals surface area contributed by atoms with Gasteiger partial charge in [0.2, 0.25) is 5.91 Å². The summed E-state index contributed by atoms with van der Waals surface area (Å²) in [5.74, 6) is 1.29. The van der Waals surface area contributed by atoms with Crippen LogP contribution in [-0.2, 0) is 17.8 Å². The molecule has 0 spiro atoms. The molecule has 2 fully saturated rings. The molecular formula is C19H28N2O. The summed E-state index contributed by atoms with van der Waals surface area (Å²) in [6.07, 6.45) is 4.39. The molecule has 1 aromatic carbocycles. The first kappa shape index (κ1) is 15.5. The first-order chi connectivity index (χ1) is 10.7. The summed E-state index contributed by atoms with van der Waals surface area (Å²) in [6.45, 7) is 7.22. The van der Waals surface area contributed by atoms with Crippen LogP contribution in [0.4, 0.5) is 0 Å². The highest BCUT2D eigenvalue weighted by atomic mass is 16.2. The topological polar surface area (TPSA) is 32.3 Å². The Bertz CT molecular complexity index is 507. The van der Waals surface area contributed by atoms with Crippen LogP contribution >= 0.6 is 0 Å².